The largest absolute Gasteiger partial charge is 0.434 e. The molecule has 0 N–H and O–H groups in total. The van der Waals surface area contributed by atoms with Crippen molar-refractivity contribution >= 4 is 11.8 Å². The predicted octanol–water partition coefficient (Wildman–Crippen LogP) is 0.197. The lowest BCUT2D eigenvalue weighted by atomic mass is 10.0. The van der Waals surface area contributed by atoms with Crippen LogP contribution in [0.2, 0.25) is 0 Å². The summed E-state index contributed by atoms with van der Waals surface area (Å²) in [5.74, 6) is -1.56. The molecule has 68 valence electrons. The highest BCUT2D eigenvalue weighted by atomic mass is 16.5. The van der Waals surface area contributed by atoms with Crippen LogP contribution in [0.25, 0.3) is 0 Å². The average Bonchev–Trinajstić information content (AvgIpc) is 2.72. The van der Waals surface area contributed by atoms with Crippen molar-refractivity contribution in [3.05, 3.63) is 24.5 Å². The van der Waals surface area contributed by atoms with Crippen LogP contribution in [0.4, 0.5) is 0 Å². The number of hydrogen-bond acceptors (Lipinski definition) is 4. The number of hydrogen-bond donors (Lipinski definition) is 0. The van der Waals surface area contributed by atoms with E-state index in [-0.39, 0.29) is 5.78 Å². The van der Waals surface area contributed by atoms with Crippen LogP contribution < -0.4 is 0 Å². The molecule has 0 aliphatic carbocycles. The van der Waals surface area contributed by atoms with E-state index in [2.05, 4.69) is 4.74 Å². The van der Waals surface area contributed by atoms with E-state index in [1.54, 1.807) is 12.2 Å². The molecule has 0 amide bonds. The van der Waals surface area contributed by atoms with Crippen LogP contribution in [0.15, 0.2) is 24.5 Å². The van der Waals surface area contributed by atoms with E-state index in [4.69, 9.17) is 4.74 Å². The van der Waals surface area contributed by atoms with Crippen molar-refractivity contribution in [3.8, 4) is 0 Å². The van der Waals surface area contributed by atoms with E-state index in [0.29, 0.717) is 6.61 Å². The van der Waals surface area contributed by atoms with E-state index in [9.17, 15) is 9.59 Å². The van der Waals surface area contributed by atoms with Gasteiger partial charge in [0.1, 0.15) is 12.0 Å². The third-order valence-electron chi connectivity index (χ3n) is 1.98. The Labute approximate surface area is 74.8 Å². The first kappa shape index (κ1) is 8.19. The third kappa shape index (κ3) is 1.40. The van der Waals surface area contributed by atoms with Crippen LogP contribution in [0, 0.1) is 5.92 Å². The van der Waals surface area contributed by atoms with Gasteiger partial charge in [0.15, 0.2) is 5.78 Å². The zero-order chi connectivity index (χ0) is 9.26. The van der Waals surface area contributed by atoms with Gasteiger partial charge in [-0.15, -0.1) is 0 Å². The van der Waals surface area contributed by atoms with E-state index in [1.165, 1.54) is 12.3 Å². The van der Waals surface area contributed by atoms with Crippen molar-refractivity contribution in [2.75, 3.05) is 6.61 Å². The molecule has 0 fully saturated rings. The summed E-state index contributed by atoms with van der Waals surface area (Å²) in [4.78, 5) is 22.5. The Kier molecular flexibility index (Phi) is 1.98. The highest BCUT2D eigenvalue weighted by molar-refractivity contribution is 6.05. The molecule has 4 nitrogen and oxygen atoms in total. The van der Waals surface area contributed by atoms with Gasteiger partial charge in [0.25, 0.3) is 0 Å². The maximum absolute atomic E-state index is 11.5. The highest BCUT2D eigenvalue weighted by Crippen LogP contribution is 2.17. The fraction of sp³-hybridized carbons (Fsp3) is 0.333. The van der Waals surface area contributed by atoms with Crippen molar-refractivity contribution in [1.82, 2.24) is 0 Å². The van der Waals surface area contributed by atoms with Gasteiger partial charge < -0.3 is 9.47 Å². The minimum Gasteiger partial charge on any atom is -0.434 e. The minimum atomic E-state index is -0.784. The number of ketones is 1. The molecule has 2 heterocycles. The normalized spacial score (nSPS) is 30.9. The molecule has 0 saturated carbocycles. The zero-order valence-corrected chi connectivity index (χ0v) is 6.80. The van der Waals surface area contributed by atoms with Crippen LogP contribution in [-0.4, -0.2) is 24.5 Å². The van der Waals surface area contributed by atoms with Gasteiger partial charge in [0.2, 0.25) is 0 Å². The molecule has 2 atom stereocenters. The van der Waals surface area contributed by atoms with E-state index in [1.807, 2.05) is 0 Å². The molecule has 4 heteroatoms. The molecular weight excluding hydrogens is 172 g/mol. The fourth-order valence-corrected chi connectivity index (χ4v) is 1.30. The number of esters is 1. The van der Waals surface area contributed by atoms with Gasteiger partial charge in [-0.25, -0.2) is 0 Å². The molecule has 0 bridgehead atoms. The summed E-state index contributed by atoms with van der Waals surface area (Å²) in [5, 5.41) is 0. The maximum Gasteiger partial charge on any atom is 0.325 e. The monoisotopic (exact) mass is 180 g/mol. The number of ether oxygens (including phenoxy) is 2. The van der Waals surface area contributed by atoms with Gasteiger partial charge in [0, 0.05) is 0 Å². The van der Waals surface area contributed by atoms with Gasteiger partial charge in [-0.3, -0.25) is 9.59 Å². The molecule has 13 heavy (non-hydrogen) atoms. The van der Waals surface area contributed by atoms with Crippen molar-refractivity contribution in [1.29, 1.82) is 0 Å². The lowest BCUT2D eigenvalue weighted by Crippen LogP contribution is -2.29. The minimum absolute atomic E-state index is 0.257. The van der Waals surface area contributed by atoms with Crippen LogP contribution in [-0.2, 0) is 19.1 Å². The zero-order valence-electron chi connectivity index (χ0n) is 6.80. The molecule has 2 unspecified atom stereocenters. The lowest BCUT2D eigenvalue weighted by Gasteiger charge is -2.08. The number of cyclic esters (lactones) is 1. The lowest BCUT2D eigenvalue weighted by molar-refractivity contribution is -0.145. The smallest absolute Gasteiger partial charge is 0.325 e. The first-order valence-corrected chi connectivity index (χ1v) is 3.98. The van der Waals surface area contributed by atoms with E-state index in [0.717, 1.165) is 0 Å². The molecule has 0 spiro atoms. The molecule has 2 rings (SSSR count). The van der Waals surface area contributed by atoms with Gasteiger partial charge in [0.05, 0.1) is 12.9 Å². The van der Waals surface area contributed by atoms with Crippen LogP contribution in [0.1, 0.15) is 0 Å². The number of Topliss-reactive ketones (excluding diaryl/α,β-unsaturated/α-hetero) is 1. The quantitative estimate of drug-likeness (QED) is 0.346. The standard InChI is InChI=1S/C9H8O4/c10-8(7-2-1-4-12-7)6-3-5-13-9(6)11/h1-3,5-7H,4H2. The summed E-state index contributed by atoms with van der Waals surface area (Å²) in [6, 6.07) is 0. The second kappa shape index (κ2) is 3.14. The molecule has 0 aromatic rings. The number of carbonyl (C=O) groups is 2. The molecule has 0 saturated heterocycles. The summed E-state index contributed by atoms with van der Waals surface area (Å²) in [5.41, 5.74) is 0. The van der Waals surface area contributed by atoms with Gasteiger partial charge in [-0.2, -0.15) is 0 Å². The van der Waals surface area contributed by atoms with Gasteiger partial charge >= 0.3 is 5.97 Å². The summed E-state index contributed by atoms with van der Waals surface area (Å²) in [7, 11) is 0. The first-order chi connectivity index (χ1) is 6.29. The Morgan fingerprint density at radius 1 is 1.46 bits per heavy atom. The SMILES string of the molecule is O=C1OC=CC1C(=O)C1C=CCO1. The maximum atomic E-state index is 11.5. The van der Waals surface area contributed by atoms with Crippen LogP contribution in [0.5, 0.6) is 0 Å². The first-order valence-electron chi connectivity index (χ1n) is 3.98. The summed E-state index contributed by atoms with van der Waals surface area (Å²) >= 11 is 0. The summed E-state index contributed by atoms with van der Waals surface area (Å²) < 4.78 is 9.60. The second-order valence-corrected chi connectivity index (χ2v) is 2.83. The molecule has 2 aliphatic rings. The van der Waals surface area contributed by atoms with Gasteiger partial charge in [-0.1, -0.05) is 12.2 Å². The summed E-state index contributed by atoms with van der Waals surface area (Å²) in [6.45, 7) is 0.432. The Morgan fingerprint density at radius 2 is 2.31 bits per heavy atom. The Balaban J connectivity index is 2.08. The van der Waals surface area contributed by atoms with Crippen LogP contribution >= 0.6 is 0 Å². The van der Waals surface area contributed by atoms with Crippen LogP contribution in [0.3, 0.4) is 0 Å². The molecule has 2 aliphatic heterocycles. The fourth-order valence-electron chi connectivity index (χ4n) is 1.30. The predicted molar refractivity (Wildman–Crippen MR) is 42.6 cm³/mol. The Morgan fingerprint density at radius 3 is 2.85 bits per heavy atom. The van der Waals surface area contributed by atoms with E-state index >= 15 is 0 Å². The molecule has 0 aromatic heterocycles. The molecular formula is C9H8O4. The molecule has 0 aromatic carbocycles. The Bertz CT molecular complexity index is 303. The number of carbonyl (C=O) groups excluding carboxylic acids is 2. The number of rotatable bonds is 2. The molecule has 0 radical (unpaired) electrons. The topological polar surface area (TPSA) is 52.6 Å². The van der Waals surface area contributed by atoms with Crippen molar-refractivity contribution in [3.63, 3.8) is 0 Å². The third-order valence-corrected chi connectivity index (χ3v) is 1.98. The van der Waals surface area contributed by atoms with Crippen molar-refractivity contribution in [2.45, 2.75) is 6.10 Å². The Hall–Kier alpha value is -1.42. The second-order valence-electron chi connectivity index (χ2n) is 2.83. The van der Waals surface area contributed by atoms with E-state index < -0.39 is 18.0 Å². The van der Waals surface area contributed by atoms with Crippen molar-refractivity contribution < 1.29 is 19.1 Å². The van der Waals surface area contributed by atoms with Gasteiger partial charge in [-0.05, 0) is 6.08 Å². The highest BCUT2D eigenvalue weighted by Gasteiger charge is 2.34. The average molecular weight is 180 g/mol. The van der Waals surface area contributed by atoms with Crippen molar-refractivity contribution in [2.24, 2.45) is 5.92 Å². The summed E-state index contributed by atoms with van der Waals surface area (Å²) in [6.07, 6.45) is 5.51.